The molecule has 0 saturated carbocycles. The molecule has 0 aliphatic rings. The summed E-state index contributed by atoms with van der Waals surface area (Å²) in [7, 11) is 0. The molecule has 3 heterocycles. The number of halogens is 3. The van der Waals surface area contributed by atoms with E-state index in [0.29, 0.717) is 22.7 Å². The molecule has 0 fully saturated rings. The highest BCUT2D eigenvalue weighted by molar-refractivity contribution is 9.10. The molecule has 0 atom stereocenters. The molecule has 33 heavy (non-hydrogen) atoms. The Kier molecular flexibility index (Phi) is 7.48. The number of amides is 1. The fraction of sp³-hybridized carbons (Fsp3) is 0.318. The van der Waals surface area contributed by atoms with Crippen molar-refractivity contribution in [2.75, 3.05) is 0 Å². The van der Waals surface area contributed by atoms with Gasteiger partial charge in [0.1, 0.15) is 17.8 Å². The van der Waals surface area contributed by atoms with Crippen LogP contribution in [0.4, 0.5) is 4.39 Å². The van der Waals surface area contributed by atoms with Crippen LogP contribution in [0.3, 0.4) is 0 Å². The van der Waals surface area contributed by atoms with Crippen molar-refractivity contribution in [2.24, 2.45) is 0 Å². The van der Waals surface area contributed by atoms with Crippen LogP contribution >= 0.6 is 27.5 Å². The topological polar surface area (TPSA) is 98.2 Å². The normalized spacial score (nSPS) is 11.3. The Hall–Kier alpha value is -2.85. The average Bonchev–Trinajstić information content (AvgIpc) is 3.41. The van der Waals surface area contributed by atoms with E-state index in [1.807, 2.05) is 34.6 Å². The molecular weight excluding hydrogens is 515 g/mol. The van der Waals surface area contributed by atoms with Crippen LogP contribution in [0, 0.1) is 5.82 Å². The van der Waals surface area contributed by atoms with E-state index in [2.05, 4.69) is 41.5 Å². The van der Waals surface area contributed by atoms with Crippen molar-refractivity contribution in [1.29, 1.82) is 0 Å². The number of nitrogens with one attached hydrogen (secondary N) is 1. The first-order valence-corrected chi connectivity index (χ1v) is 11.4. The van der Waals surface area contributed by atoms with Gasteiger partial charge in [0.05, 0.1) is 5.52 Å². The Balaban J connectivity index is 0.00000149. The predicted octanol–water partition coefficient (Wildman–Crippen LogP) is 5.59. The Morgan fingerprint density at radius 1 is 1.27 bits per heavy atom. The average molecular weight is 538 g/mol. The number of nitrogens with zero attached hydrogens (tertiary/aromatic N) is 5. The minimum absolute atomic E-state index is 0.00980. The van der Waals surface area contributed by atoms with Gasteiger partial charge in [-0.3, -0.25) is 4.79 Å². The minimum Gasteiger partial charge on any atom is -0.345 e. The number of aromatic nitrogens is 5. The van der Waals surface area contributed by atoms with E-state index in [1.165, 1.54) is 18.5 Å². The van der Waals surface area contributed by atoms with Gasteiger partial charge in [0.2, 0.25) is 5.89 Å². The van der Waals surface area contributed by atoms with Crippen LogP contribution in [0.1, 0.15) is 56.7 Å². The third kappa shape index (κ3) is 5.39. The first-order chi connectivity index (χ1) is 15.6. The first-order valence-electron chi connectivity index (χ1n) is 10.2. The second kappa shape index (κ2) is 9.96. The van der Waals surface area contributed by atoms with Crippen LogP contribution in [-0.2, 0) is 12.0 Å². The third-order valence-corrected chi connectivity index (χ3v) is 5.26. The fourth-order valence-corrected chi connectivity index (χ4v) is 3.53. The molecule has 4 aromatic rings. The van der Waals surface area contributed by atoms with Gasteiger partial charge in [-0.05, 0) is 39.7 Å². The molecule has 0 bridgehead atoms. The lowest BCUT2D eigenvalue weighted by atomic mass is 9.97. The molecule has 0 saturated heterocycles. The second-order valence-electron chi connectivity index (χ2n) is 7.88. The van der Waals surface area contributed by atoms with Crippen molar-refractivity contribution in [1.82, 2.24) is 30.1 Å². The molecule has 0 aliphatic heterocycles. The number of carbonyl (C=O) groups excluding carboxylic acids is 1. The van der Waals surface area contributed by atoms with Gasteiger partial charge in [-0.2, -0.15) is 10.1 Å². The highest BCUT2D eigenvalue weighted by atomic mass is 79.9. The van der Waals surface area contributed by atoms with Crippen molar-refractivity contribution in [3.8, 4) is 11.3 Å². The molecule has 0 aliphatic carbocycles. The summed E-state index contributed by atoms with van der Waals surface area (Å²) in [5.41, 5.74) is 1.27. The molecule has 1 aromatic carbocycles. The lowest BCUT2D eigenvalue weighted by molar-refractivity contribution is 0.0937. The molecule has 0 radical (unpaired) electrons. The SMILES string of the molecule is CC.CC(C)(C)c1nc(C(=O)NCc2cc(F)c(-c3ncnn4cc(Br)cc34)cc2Cl)no1. The van der Waals surface area contributed by atoms with Gasteiger partial charge < -0.3 is 9.84 Å². The monoisotopic (exact) mass is 536 g/mol. The van der Waals surface area contributed by atoms with Gasteiger partial charge >= 0.3 is 0 Å². The van der Waals surface area contributed by atoms with Crippen LogP contribution in [0.15, 0.2) is 39.7 Å². The number of hydrogen-bond acceptors (Lipinski definition) is 6. The van der Waals surface area contributed by atoms with Gasteiger partial charge in [-0.25, -0.2) is 13.9 Å². The summed E-state index contributed by atoms with van der Waals surface area (Å²) in [6.07, 6.45) is 3.08. The zero-order chi connectivity index (χ0) is 24.3. The molecule has 8 nitrogen and oxygen atoms in total. The molecule has 4 rings (SSSR count). The van der Waals surface area contributed by atoms with E-state index in [1.54, 1.807) is 16.8 Å². The van der Waals surface area contributed by atoms with Crippen LogP contribution in [0.2, 0.25) is 5.02 Å². The highest BCUT2D eigenvalue weighted by Crippen LogP contribution is 2.31. The second-order valence-corrected chi connectivity index (χ2v) is 9.20. The molecule has 1 N–H and O–H groups in total. The Morgan fingerprint density at radius 2 is 2.00 bits per heavy atom. The summed E-state index contributed by atoms with van der Waals surface area (Å²) in [6, 6.07) is 4.53. The van der Waals surface area contributed by atoms with Crippen molar-refractivity contribution < 1.29 is 13.7 Å². The Bertz CT molecular complexity index is 1300. The maximum atomic E-state index is 14.9. The van der Waals surface area contributed by atoms with Gasteiger partial charge in [0, 0.05) is 33.2 Å². The summed E-state index contributed by atoms with van der Waals surface area (Å²) in [6.45, 7) is 9.67. The summed E-state index contributed by atoms with van der Waals surface area (Å²) in [4.78, 5) is 20.6. The van der Waals surface area contributed by atoms with Gasteiger partial charge in [0.25, 0.3) is 11.7 Å². The zero-order valence-corrected chi connectivity index (χ0v) is 21.1. The van der Waals surface area contributed by atoms with E-state index in [4.69, 9.17) is 16.1 Å². The van der Waals surface area contributed by atoms with E-state index in [0.717, 1.165) is 4.47 Å². The molecule has 0 unspecified atom stereocenters. The van der Waals surface area contributed by atoms with Gasteiger partial charge in [-0.1, -0.05) is 51.4 Å². The standard InChI is InChI=1S/C20H17BrClFN6O2.C2H6/c1-20(2,3)19-27-17(28-31-19)18(30)24-7-10-4-14(23)12(6-13(10)22)16-15-5-11(21)8-29(15)26-9-25-16;1-2/h4-6,8-9H,7H2,1-3H3,(H,24,30);1-2H3. The van der Waals surface area contributed by atoms with Crippen LogP contribution in [0.25, 0.3) is 16.8 Å². The predicted molar refractivity (Wildman–Crippen MR) is 127 cm³/mol. The summed E-state index contributed by atoms with van der Waals surface area (Å²) < 4.78 is 22.4. The first kappa shape index (κ1) is 24.8. The van der Waals surface area contributed by atoms with Gasteiger partial charge in [-0.15, -0.1) is 0 Å². The van der Waals surface area contributed by atoms with Crippen LogP contribution in [-0.4, -0.2) is 30.6 Å². The summed E-state index contributed by atoms with van der Waals surface area (Å²) in [5.74, 6) is -0.823. The van der Waals surface area contributed by atoms with E-state index in [-0.39, 0.29) is 28.4 Å². The van der Waals surface area contributed by atoms with Crippen LogP contribution < -0.4 is 5.32 Å². The smallest absolute Gasteiger partial charge is 0.292 e. The van der Waals surface area contributed by atoms with Gasteiger partial charge in [0.15, 0.2) is 0 Å². The van der Waals surface area contributed by atoms with Crippen LogP contribution in [0.5, 0.6) is 0 Å². The number of carbonyl (C=O) groups is 1. The molecular formula is C22H23BrClFN6O2. The number of fused-ring (bicyclic) bond motifs is 1. The fourth-order valence-electron chi connectivity index (χ4n) is 2.89. The maximum Gasteiger partial charge on any atom is 0.292 e. The van der Waals surface area contributed by atoms with E-state index in [9.17, 15) is 9.18 Å². The summed E-state index contributed by atoms with van der Waals surface area (Å²) >= 11 is 9.75. The maximum absolute atomic E-state index is 14.9. The van der Waals surface area contributed by atoms with E-state index >= 15 is 0 Å². The Morgan fingerprint density at radius 3 is 2.67 bits per heavy atom. The summed E-state index contributed by atoms with van der Waals surface area (Å²) in [5, 5.41) is 10.7. The zero-order valence-electron chi connectivity index (χ0n) is 18.8. The largest absolute Gasteiger partial charge is 0.345 e. The lowest BCUT2D eigenvalue weighted by Gasteiger charge is -2.11. The van der Waals surface area contributed by atoms with Crippen molar-refractivity contribution in [2.45, 2.75) is 46.6 Å². The number of benzene rings is 1. The molecule has 1 amide bonds. The third-order valence-electron chi connectivity index (χ3n) is 4.47. The Labute approximate surface area is 203 Å². The lowest BCUT2D eigenvalue weighted by Crippen LogP contribution is -2.24. The van der Waals surface area contributed by atoms with E-state index < -0.39 is 11.7 Å². The van der Waals surface area contributed by atoms with Crippen molar-refractivity contribution in [3.63, 3.8) is 0 Å². The highest BCUT2D eigenvalue weighted by Gasteiger charge is 2.24. The number of rotatable bonds is 4. The molecule has 11 heteroatoms. The molecule has 0 spiro atoms. The van der Waals surface area contributed by atoms with Crippen molar-refractivity contribution in [3.05, 3.63) is 63.3 Å². The minimum atomic E-state index is -0.546. The molecule has 3 aromatic heterocycles. The number of hydrogen-bond donors (Lipinski definition) is 1. The van der Waals surface area contributed by atoms with Crippen molar-refractivity contribution >= 4 is 39.0 Å². The molecule has 174 valence electrons. The quantitative estimate of drug-likeness (QED) is 0.364.